The van der Waals surface area contributed by atoms with E-state index in [4.69, 9.17) is 4.74 Å². The second-order valence-corrected chi connectivity index (χ2v) is 7.89. The molecule has 0 aliphatic carbocycles. The maximum Gasteiger partial charge on any atom is 0.246 e. The Labute approximate surface area is 143 Å². The highest BCUT2D eigenvalue weighted by molar-refractivity contribution is 7.89. The number of aryl methyl sites for hydroxylation is 1. The van der Waals surface area contributed by atoms with Crippen molar-refractivity contribution in [3.8, 4) is 5.75 Å². The van der Waals surface area contributed by atoms with E-state index in [1.807, 2.05) is 31.2 Å². The molecule has 0 spiro atoms. The Hall–Kier alpha value is -1.86. The van der Waals surface area contributed by atoms with E-state index >= 15 is 0 Å². The zero-order valence-electron chi connectivity index (χ0n) is 14.1. The van der Waals surface area contributed by atoms with E-state index in [1.165, 1.54) is 6.20 Å². The highest BCUT2D eigenvalue weighted by atomic mass is 32.2. The molecule has 2 heterocycles. The van der Waals surface area contributed by atoms with Gasteiger partial charge in [-0.15, -0.1) is 0 Å². The van der Waals surface area contributed by atoms with Crippen molar-refractivity contribution < 1.29 is 13.2 Å². The van der Waals surface area contributed by atoms with E-state index < -0.39 is 10.0 Å². The molecule has 7 heteroatoms. The van der Waals surface area contributed by atoms with Crippen molar-refractivity contribution in [2.45, 2.75) is 43.7 Å². The van der Waals surface area contributed by atoms with E-state index in [0.29, 0.717) is 19.5 Å². The van der Waals surface area contributed by atoms with Gasteiger partial charge in [0.2, 0.25) is 10.0 Å². The maximum absolute atomic E-state index is 12.9. The van der Waals surface area contributed by atoms with Crippen LogP contribution >= 0.6 is 0 Å². The SMILES string of the molecule is CCn1cc(S(=O)(=O)N2CCC[C@@H]2Cc2ccc(OC)cc2)cn1. The summed E-state index contributed by atoms with van der Waals surface area (Å²) < 4.78 is 34.3. The van der Waals surface area contributed by atoms with Gasteiger partial charge in [0.05, 0.1) is 13.3 Å². The molecular weight excluding hydrogens is 326 g/mol. The van der Waals surface area contributed by atoms with Gasteiger partial charge in [0.1, 0.15) is 10.6 Å². The first-order valence-corrected chi connectivity index (χ1v) is 9.66. The minimum absolute atomic E-state index is 0.00614. The highest BCUT2D eigenvalue weighted by Crippen LogP contribution is 2.28. The summed E-state index contributed by atoms with van der Waals surface area (Å²) in [5.41, 5.74) is 1.12. The third-order valence-corrected chi connectivity index (χ3v) is 6.40. The summed E-state index contributed by atoms with van der Waals surface area (Å²) in [5.74, 6) is 0.807. The first kappa shape index (κ1) is 17.0. The largest absolute Gasteiger partial charge is 0.497 e. The lowest BCUT2D eigenvalue weighted by Gasteiger charge is -2.23. The topological polar surface area (TPSA) is 64.4 Å². The molecule has 1 atom stereocenters. The number of nitrogens with zero attached hydrogens (tertiary/aromatic N) is 3. The summed E-state index contributed by atoms with van der Waals surface area (Å²) in [6.07, 6.45) is 5.54. The van der Waals surface area contributed by atoms with Gasteiger partial charge in [-0.05, 0) is 43.9 Å². The molecule has 1 saturated heterocycles. The van der Waals surface area contributed by atoms with E-state index in [2.05, 4.69) is 5.10 Å². The Morgan fingerprint density at radius 3 is 2.67 bits per heavy atom. The molecule has 1 aliphatic rings. The molecule has 1 aromatic heterocycles. The van der Waals surface area contributed by atoms with Crippen LogP contribution in [0.5, 0.6) is 5.75 Å². The van der Waals surface area contributed by atoms with Gasteiger partial charge >= 0.3 is 0 Å². The van der Waals surface area contributed by atoms with Crippen molar-refractivity contribution in [3.63, 3.8) is 0 Å². The average Bonchev–Trinajstić information content (AvgIpc) is 3.25. The minimum atomic E-state index is -3.48. The standard InChI is InChI=1S/C17H23N3O3S/c1-3-19-13-17(12-18-19)24(21,22)20-10-4-5-15(20)11-14-6-8-16(23-2)9-7-14/h6-9,12-13,15H,3-5,10-11H2,1-2H3/t15-/m1/s1. The number of benzene rings is 1. The first-order chi connectivity index (χ1) is 11.5. The molecule has 0 N–H and O–H groups in total. The number of sulfonamides is 1. The van der Waals surface area contributed by atoms with Crippen LogP contribution in [0.1, 0.15) is 25.3 Å². The molecule has 6 nitrogen and oxygen atoms in total. The monoisotopic (exact) mass is 349 g/mol. The van der Waals surface area contributed by atoms with Gasteiger partial charge in [0.25, 0.3) is 0 Å². The number of ether oxygens (including phenoxy) is 1. The zero-order valence-corrected chi connectivity index (χ0v) is 14.9. The van der Waals surface area contributed by atoms with Gasteiger partial charge in [-0.3, -0.25) is 4.68 Å². The Morgan fingerprint density at radius 2 is 2.04 bits per heavy atom. The summed E-state index contributed by atoms with van der Waals surface area (Å²) in [6.45, 7) is 3.16. The maximum atomic E-state index is 12.9. The summed E-state index contributed by atoms with van der Waals surface area (Å²) in [5, 5.41) is 4.10. The molecule has 0 radical (unpaired) electrons. The van der Waals surface area contributed by atoms with Crippen LogP contribution < -0.4 is 4.74 Å². The van der Waals surface area contributed by atoms with Gasteiger partial charge in [-0.2, -0.15) is 9.40 Å². The van der Waals surface area contributed by atoms with Crippen LogP contribution in [0, 0.1) is 0 Å². The van der Waals surface area contributed by atoms with Crippen LogP contribution in [-0.2, 0) is 23.0 Å². The summed E-state index contributed by atoms with van der Waals surface area (Å²) >= 11 is 0. The third kappa shape index (κ3) is 3.32. The Balaban J connectivity index is 1.78. The second kappa shape index (κ2) is 6.94. The fourth-order valence-corrected chi connectivity index (χ4v) is 4.80. The van der Waals surface area contributed by atoms with Crippen LogP contribution in [0.4, 0.5) is 0 Å². The van der Waals surface area contributed by atoms with Crippen LogP contribution in [0.25, 0.3) is 0 Å². The number of aromatic nitrogens is 2. The lowest BCUT2D eigenvalue weighted by atomic mass is 10.0. The van der Waals surface area contributed by atoms with Gasteiger partial charge in [-0.1, -0.05) is 12.1 Å². The van der Waals surface area contributed by atoms with E-state index in [-0.39, 0.29) is 10.9 Å². The second-order valence-electron chi connectivity index (χ2n) is 6.00. The van der Waals surface area contributed by atoms with Crippen molar-refractivity contribution in [2.24, 2.45) is 0 Å². The quantitative estimate of drug-likeness (QED) is 0.803. The fraction of sp³-hybridized carbons (Fsp3) is 0.471. The van der Waals surface area contributed by atoms with Crippen LogP contribution in [0.15, 0.2) is 41.6 Å². The predicted octanol–water partition coefficient (Wildman–Crippen LogP) is 2.31. The molecule has 0 amide bonds. The smallest absolute Gasteiger partial charge is 0.246 e. The number of rotatable bonds is 6. The van der Waals surface area contributed by atoms with Crippen molar-refractivity contribution in [1.82, 2.24) is 14.1 Å². The molecule has 0 bridgehead atoms. The molecule has 1 aromatic carbocycles. The fourth-order valence-electron chi connectivity index (χ4n) is 3.15. The third-order valence-electron chi connectivity index (χ3n) is 4.49. The van der Waals surface area contributed by atoms with Crippen molar-refractivity contribution >= 4 is 10.0 Å². The van der Waals surface area contributed by atoms with Gasteiger partial charge < -0.3 is 4.74 Å². The van der Waals surface area contributed by atoms with E-state index in [1.54, 1.807) is 22.3 Å². The van der Waals surface area contributed by atoms with Gasteiger partial charge in [-0.25, -0.2) is 8.42 Å². The van der Waals surface area contributed by atoms with Crippen LogP contribution in [-0.4, -0.2) is 42.2 Å². The Morgan fingerprint density at radius 1 is 1.29 bits per heavy atom. The van der Waals surface area contributed by atoms with E-state index in [0.717, 1.165) is 24.2 Å². The summed E-state index contributed by atoms with van der Waals surface area (Å²) in [7, 11) is -1.85. The molecule has 1 aliphatic heterocycles. The van der Waals surface area contributed by atoms with Crippen molar-refractivity contribution in [1.29, 1.82) is 0 Å². The van der Waals surface area contributed by atoms with Gasteiger partial charge in [0.15, 0.2) is 0 Å². The lowest BCUT2D eigenvalue weighted by molar-refractivity contribution is 0.385. The zero-order chi connectivity index (χ0) is 17.2. The number of hydrogen-bond donors (Lipinski definition) is 0. The van der Waals surface area contributed by atoms with Crippen LogP contribution in [0.2, 0.25) is 0 Å². The molecule has 0 unspecified atom stereocenters. The van der Waals surface area contributed by atoms with Crippen LogP contribution in [0.3, 0.4) is 0 Å². The molecule has 2 aromatic rings. The highest BCUT2D eigenvalue weighted by Gasteiger charge is 2.35. The average molecular weight is 349 g/mol. The summed E-state index contributed by atoms with van der Waals surface area (Å²) in [4.78, 5) is 0.283. The number of hydrogen-bond acceptors (Lipinski definition) is 4. The molecule has 130 valence electrons. The minimum Gasteiger partial charge on any atom is -0.497 e. The molecule has 0 saturated carbocycles. The van der Waals surface area contributed by atoms with Crippen molar-refractivity contribution in [3.05, 3.63) is 42.2 Å². The predicted molar refractivity (Wildman–Crippen MR) is 91.5 cm³/mol. The normalized spacial score (nSPS) is 18.8. The first-order valence-electron chi connectivity index (χ1n) is 8.22. The summed E-state index contributed by atoms with van der Waals surface area (Å²) in [6, 6.07) is 7.81. The molecule has 1 fully saturated rings. The number of methoxy groups -OCH3 is 1. The Bertz CT molecular complexity index is 784. The molecule has 3 rings (SSSR count). The Kier molecular flexibility index (Phi) is 4.91. The van der Waals surface area contributed by atoms with Gasteiger partial charge in [0, 0.05) is 25.3 Å². The van der Waals surface area contributed by atoms with E-state index in [9.17, 15) is 8.42 Å². The molecular formula is C17H23N3O3S. The molecule has 24 heavy (non-hydrogen) atoms. The lowest BCUT2D eigenvalue weighted by Crippen LogP contribution is -2.36. The van der Waals surface area contributed by atoms with Crippen molar-refractivity contribution in [2.75, 3.05) is 13.7 Å².